The lowest BCUT2D eigenvalue weighted by atomic mass is 10.3. The third-order valence-corrected chi connectivity index (χ3v) is 3.73. The van der Waals surface area contributed by atoms with Crippen molar-refractivity contribution < 1.29 is 13.2 Å². The highest BCUT2D eigenvalue weighted by atomic mass is 32.2. The van der Waals surface area contributed by atoms with E-state index in [1.165, 1.54) is 5.41 Å². The van der Waals surface area contributed by atoms with E-state index in [9.17, 15) is 8.42 Å². The molecule has 0 saturated carbocycles. The van der Waals surface area contributed by atoms with Gasteiger partial charge in [-0.2, -0.15) is 0 Å². The van der Waals surface area contributed by atoms with Crippen LogP contribution in [0.1, 0.15) is 20.3 Å². The Morgan fingerprint density at radius 3 is 2.87 bits per heavy atom. The number of hydrogen-bond donors (Lipinski definition) is 1. The first-order chi connectivity index (χ1) is 6.93. The van der Waals surface area contributed by atoms with Crippen molar-refractivity contribution in [2.75, 3.05) is 5.75 Å². The van der Waals surface area contributed by atoms with E-state index in [1.807, 2.05) is 13.8 Å². The standard InChI is InChI=1S/C9H15NO3S2/c1-3-7(2)13-9(14)10-8-4-5-15(11,12)6-8/h4-5,7-8H,3,6H2,1-2H3,(H,10,14)/t7-,8-/m0/s1. The van der Waals surface area contributed by atoms with Crippen LogP contribution in [-0.2, 0) is 14.6 Å². The fraction of sp³-hybridized carbons (Fsp3) is 0.667. The molecule has 1 aliphatic rings. The lowest BCUT2D eigenvalue weighted by Crippen LogP contribution is -2.37. The number of thiocarbonyl (C=S) groups is 1. The van der Waals surface area contributed by atoms with Crippen LogP contribution in [0.5, 0.6) is 0 Å². The zero-order valence-electron chi connectivity index (χ0n) is 8.76. The van der Waals surface area contributed by atoms with Crippen molar-refractivity contribution in [2.24, 2.45) is 0 Å². The molecule has 0 saturated heterocycles. The van der Waals surface area contributed by atoms with E-state index in [1.54, 1.807) is 6.08 Å². The summed E-state index contributed by atoms with van der Waals surface area (Å²) >= 11 is 4.95. The maximum Gasteiger partial charge on any atom is 0.257 e. The maximum atomic E-state index is 11.1. The van der Waals surface area contributed by atoms with Gasteiger partial charge in [-0.15, -0.1) is 0 Å². The molecule has 0 aromatic rings. The number of nitrogens with one attached hydrogen (secondary N) is 1. The molecule has 0 aliphatic carbocycles. The zero-order valence-corrected chi connectivity index (χ0v) is 10.4. The average Bonchev–Trinajstić information content (AvgIpc) is 2.44. The molecule has 6 heteroatoms. The fourth-order valence-corrected chi connectivity index (χ4v) is 2.67. The first-order valence-corrected chi connectivity index (χ1v) is 6.93. The van der Waals surface area contributed by atoms with Crippen molar-refractivity contribution in [3.05, 3.63) is 11.5 Å². The topological polar surface area (TPSA) is 55.4 Å². The predicted molar refractivity (Wildman–Crippen MR) is 63.3 cm³/mol. The normalized spacial score (nSPS) is 24.8. The van der Waals surface area contributed by atoms with E-state index in [0.717, 1.165) is 6.42 Å². The van der Waals surface area contributed by atoms with Gasteiger partial charge in [0.2, 0.25) is 0 Å². The van der Waals surface area contributed by atoms with Crippen LogP contribution < -0.4 is 5.32 Å². The molecular formula is C9H15NO3S2. The Kier molecular flexibility index (Phi) is 4.10. The van der Waals surface area contributed by atoms with Crippen molar-refractivity contribution in [1.82, 2.24) is 5.32 Å². The van der Waals surface area contributed by atoms with Crippen molar-refractivity contribution in [3.63, 3.8) is 0 Å². The van der Waals surface area contributed by atoms with Gasteiger partial charge in [0, 0.05) is 5.41 Å². The molecule has 1 N–H and O–H groups in total. The van der Waals surface area contributed by atoms with E-state index in [2.05, 4.69) is 5.32 Å². The molecule has 15 heavy (non-hydrogen) atoms. The van der Waals surface area contributed by atoms with Crippen LogP contribution in [0.25, 0.3) is 0 Å². The minimum absolute atomic E-state index is 0.0481. The number of rotatable bonds is 3. The van der Waals surface area contributed by atoms with Crippen LogP contribution in [0.2, 0.25) is 0 Å². The molecule has 0 spiro atoms. The third-order valence-electron chi connectivity index (χ3n) is 2.12. The van der Waals surface area contributed by atoms with E-state index in [-0.39, 0.29) is 23.1 Å². The van der Waals surface area contributed by atoms with Crippen molar-refractivity contribution in [2.45, 2.75) is 32.4 Å². The van der Waals surface area contributed by atoms with Gasteiger partial charge in [-0.1, -0.05) is 6.92 Å². The highest BCUT2D eigenvalue weighted by Gasteiger charge is 2.22. The van der Waals surface area contributed by atoms with Crippen molar-refractivity contribution in [1.29, 1.82) is 0 Å². The second-order valence-electron chi connectivity index (χ2n) is 3.53. The number of ether oxygens (including phenoxy) is 1. The predicted octanol–water partition coefficient (Wildman–Crippen LogP) is 0.987. The number of sulfone groups is 1. The fourth-order valence-electron chi connectivity index (χ4n) is 1.12. The van der Waals surface area contributed by atoms with Gasteiger partial charge < -0.3 is 10.1 Å². The molecule has 0 aromatic carbocycles. The highest BCUT2D eigenvalue weighted by molar-refractivity contribution is 7.94. The summed E-state index contributed by atoms with van der Waals surface area (Å²) < 4.78 is 27.5. The lowest BCUT2D eigenvalue weighted by molar-refractivity contribution is 0.199. The molecule has 0 unspecified atom stereocenters. The SMILES string of the molecule is CC[C@H](C)OC(=S)N[C@H]1C=CS(=O)(=O)C1. The van der Waals surface area contributed by atoms with Crippen LogP contribution in [0.15, 0.2) is 11.5 Å². The van der Waals surface area contributed by atoms with Crippen molar-refractivity contribution in [3.8, 4) is 0 Å². The summed E-state index contributed by atoms with van der Waals surface area (Å²) in [4.78, 5) is 0. The molecule has 1 rings (SSSR count). The molecule has 0 radical (unpaired) electrons. The summed E-state index contributed by atoms with van der Waals surface area (Å²) in [6, 6.07) is -0.258. The molecule has 2 atom stereocenters. The van der Waals surface area contributed by atoms with Gasteiger partial charge >= 0.3 is 0 Å². The van der Waals surface area contributed by atoms with Gasteiger partial charge in [0.25, 0.3) is 5.17 Å². The van der Waals surface area contributed by atoms with E-state index in [0.29, 0.717) is 0 Å². The van der Waals surface area contributed by atoms with Crippen LogP contribution >= 0.6 is 12.2 Å². The third kappa shape index (κ3) is 4.17. The second-order valence-corrected chi connectivity index (χ2v) is 5.84. The van der Waals surface area contributed by atoms with Crippen LogP contribution in [0.3, 0.4) is 0 Å². The van der Waals surface area contributed by atoms with Gasteiger partial charge in [0.15, 0.2) is 9.84 Å². The molecule has 0 aromatic heterocycles. The highest BCUT2D eigenvalue weighted by Crippen LogP contribution is 2.08. The van der Waals surface area contributed by atoms with Crippen LogP contribution in [-0.4, -0.2) is 31.5 Å². The summed E-state index contributed by atoms with van der Waals surface area (Å²) in [7, 11) is -3.03. The van der Waals surface area contributed by atoms with Crippen LogP contribution in [0, 0.1) is 0 Å². The van der Waals surface area contributed by atoms with Gasteiger partial charge in [-0.3, -0.25) is 0 Å². The molecule has 1 aliphatic heterocycles. The lowest BCUT2D eigenvalue weighted by Gasteiger charge is -2.16. The summed E-state index contributed by atoms with van der Waals surface area (Å²) in [5.74, 6) is 0.0526. The quantitative estimate of drug-likeness (QED) is 0.756. The Labute approximate surface area is 95.6 Å². The molecular weight excluding hydrogens is 234 g/mol. The summed E-state index contributed by atoms with van der Waals surface area (Å²) in [6.45, 7) is 3.91. The first-order valence-electron chi connectivity index (χ1n) is 4.81. The second kappa shape index (κ2) is 4.94. The Morgan fingerprint density at radius 1 is 1.73 bits per heavy atom. The molecule has 86 valence electrons. The zero-order chi connectivity index (χ0) is 11.5. The Balaban J connectivity index is 2.38. The smallest absolute Gasteiger partial charge is 0.257 e. The van der Waals surface area contributed by atoms with Gasteiger partial charge in [-0.05, 0) is 31.6 Å². The minimum atomic E-state index is -3.03. The molecule has 1 heterocycles. The van der Waals surface area contributed by atoms with Crippen molar-refractivity contribution >= 4 is 27.2 Å². The monoisotopic (exact) mass is 249 g/mol. The van der Waals surface area contributed by atoms with E-state index in [4.69, 9.17) is 17.0 Å². The molecule has 0 bridgehead atoms. The summed E-state index contributed by atoms with van der Waals surface area (Å²) in [6.07, 6.45) is 2.49. The van der Waals surface area contributed by atoms with Gasteiger partial charge in [-0.25, -0.2) is 8.42 Å². The summed E-state index contributed by atoms with van der Waals surface area (Å²) in [5, 5.41) is 4.31. The molecule has 0 fully saturated rings. The number of hydrogen-bond acceptors (Lipinski definition) is 4. The van der Waals surface area contributed by atoms with Crippen LogP contribution in [0.4, 0.5) is 0 Å². The van der Waals surface area contributed by atoms with E-state index >= 15 is 0 Å². The average molecular weight is 249 g/mol. The molecule has 0 amide bonds. The largest absolute Gasteiger partial charge is 0.468 e. The van der Waals surface area contributed by atoms with Gasteiger partial charge in [0.1, 0.15) is 0 Å². The minimum Gasteiger partial charge on any atom is -0.468 e. The molecule has 4 nitrogen and oxygen atoms in total. The van der Waals surface area contributed by atoms with E-state index < -0.39 is 9.84 Å². The Bertz CT molecular complexity index is 362. The summed E-state index contributed by atoms with van der Waals surface area (Å²) in [5.41, 5.74) is 0. The Hall–Kier alpha value is -0.620. The first kappa shape index (κ1) is 12.4. The maximum absolute atomic E-state index is 11.1. The van der Waals surface area contributed by atoms with Gasteiger partial charge in [0.05, 0.1) is 17.9 Å². The Morgan fingerprint density at radius 2 is 2.40 bits per heavy atom.